The number of carbonyl (C=O) groups is 2. The lowest BCUT2D eigenvalue weighted by Gasteiger charge is -2.25. The SMILES string of the molecule is O=C1C(=O)N(Cc2cccnc2)[C@@H](c2ccccc2)/C1=C(\O)c1ccc2c(c1)OCCO2. The molecule has 7 nitrogen and oxygen atoms in total. The number of ether oxygens (including phenoxy) is 2. The van der Waals surface area contributed by atoms with E-state index in [4.69, 9.17) is 9.47 Å². The number of aromatic nitrogens is 1. The largest absolute Gasteiger partial charge is 0.507 e. The quantitative estimate of drug-likeness (QED) is 0.389. The van der Waals surface area contributed by atoms with Crippen molar-refractivity contribution in [2.24, 2.45) is 0 Å². The first-order valence-corrected chi connectivity index (χ1v) is 10.3. The summed E-state index contributed by atoms with van der Waals surface area (Å²) in [5, 5.41) is 11.2. The zero-order valence-corrected chi connectivity index (χ0v) is 17.1. The number of carbonyl (C=O) groups excluding carboxylic acids is 2. The van der Waals surface area contributed by atoms with Crippen molar-refractivity contribution in [3.63, 3.8) is 0 Å². The van der Waals surface area contributed by atoms with Crippen molar-refractivity contribution in [3.8, 4) is 11.5 Å². The van der Waals surface area contributed by atoms with Gasteiger partial charge < -0.3 is 19.5 Å². The zero-order valence-electron chi connectivity index (χ0n) is 17.1. The minimum atomic E-state index is -0.732. The predicted molar refractivity (Wildman–Crippen MR) is 116 cm³/mol. The molecule has 2 aliphatic rings. The summed E-state index contributed by atoms with van der Waals surface area (Å²) in [5.74, 6) is -0.578. The molecule has 5 rings (SSSR count). The maximum Gasteiger partial charge on any atom is 0.295 e. The molecule has 1 atom stereocenters. The molecule has 1 fully saturated rings. The highest BCUT2D eigenvalue weighted by Gasteiger charge is 2.46. The number of aliphatic hydroxyl groups excluding tert-OH is 1. The molecule has 7 heteroatoms. The molecule has 1 aromatic heterocycles. The van der Waals surface area contributed by atoms with Gasteiger partial charge in [0.15, 0.2) is 11.5 Å². The molecule has 32 heavy (non-hydrogen) atoms. The van der Waals surface area contributed by atoms with Crippen LogP contribution in [0, 0.1) is 0 Å². The zero-order chi connectivity index (χ0) is 22.1. The van der Waals surface area contributed by atoms with Crippen LogP contribution in [0.25, 0.3) is 5.76 Å². The van der Waals surface area contributed by atoms with Crippen molar-refractivity contribution in [1.82, 2.24) is 9.88 Å². The summed E-state index contributed by atoms with van der Waals surface area (Å²) in [6.45, 7) is 1.04. The van der Waals surface area contributed by atoms with Crippen LogP contribution in [0.5, 0.6) is 11.5 Å². The minimum absolute atomic E-state index is 0.0433. The van der Waals surface area contributed by atoms with Crippen LogP contribution in [0.4, 0.5) is 0 Å². The molecule has 2 aliphatic heterocycles. The Balaban J connectivity index is 1.62. The van der Waals surface area contributed by atoms with E-state index in [1.165, 1.54) is 4.90 Å². The number of nitrogens with zero attached hydrogens (tertiary/aromatic N) is 2. The Kier molecular flexibility index (Phi) is 5.07. The average Bonchev–Trinajstić information content (AvgIpc) is 3.09. The second kappa shape index (κ2) is 8.19. The molecule has 160 valence electrons. The van der Waals surface area contributed by atoms with Crippen molar-refractivity contribution in [2.75, 3.05) is 13.2 Å². The Morgan fingerprint density at radius 3 is 2.53 bits per heavy atom. The van der Waals surface area contributed by atoms with Gasteiger partial charge in [-0.05, 0) is 35.4 Å². The molecule has 0 radical (unpaired) electrons. The van der Waals surface area contributed by atoms with Gasteiger partial charge in [-0.1, -0.05) is 36.4 Å². The summed E-state index contributed by atoms with van der Waals surface area (Å²) in [6, 6.07) is 17.1. The highest BCUT2D eigenvalue weighted by atomic mass is 16.6. The molecule has 1 amide bonds. The monoisotopic (exact) mass is 428 g/mol. The number of hydrogen-bond donors (Lipinski definition) is 1. The van der Waals surface area contributed by atoms with Gasteiger partial charge in [-0.15, -0.1) is 0 Å². The van der Waals surface area contributed by atoms with Gasteiger partial charge >= 0.3 is 0 Å². The normalized spacial score (nSPS) is 19.2. The van der Waals surface area contributed by atoms with E-state index >= 15 is 0 Å². The molecule has 1 N–H and O–H groups in total. The first kappa shape index (κ1) is 19.8. The van der Waals surface area contributed by atoms with Crippen molar-refractivity contribution in [1.29, 1.82) is 0 Å². The van der Waals surface area contributed by atoms with Gasteiger partial charge in [-0.25, -0.2) is 0 Å². The average molecular weight is 428 g/mol. The number of rotatable bonds is 4. The van der Waals surface area contributed by atoms with Gasteiger partial charge in [0.2, 0.25) is 0 Å². The van der Waals surface area contributed by atoms with Crippen LogP contribution in [0.2, 0.25) is 0 Å². The third-order valence-corrected chi connectivity index (χ3v) is 5.55. The van der Waals surface area contributed by atoms with E-state index in [0.29, 0.717) is 30.3 Å². The maximum atomic E-state index is 13.1. The van der Waals surface area contributed by atoms with Crippen LogP contribution in [-0.4, -0.2) is 39.9 Å². The summed E-state index contributed by atoms with van der Waals surface area (Å²) in [6.07, 6.45) is 3.30. The molecule has 0 bridgehead atoms. The summed E-state index contributed by atoms with van der Waals surface area (Å²) in [7, 11) is 0. The number of likely N-dealkylation sites (tertiary alicyclic amines) is 1. The van der Waals surface area contributed by atoms with Crippen LogP contribution in [-0.2, 0) is 16.1 Å². The number of aliphatic hydroxyl groups is 1. The molecule has 0 saturated carbocycles. The fourth-order valence-electron chi connectivity index (χ4n) is 4.06. The van der Waals surface area contributed by atoms with Gasteiger partial charge in [0.25, 0.3) is 11.7 Å². The molecular formula is C25H20N2O5. The van der Waals surface area contributed by atoms with Gasteiger partial charge in [-0.2, -0.15) is 0 Å². The van der Waals surface area contributed by atoms with Gasteiger partial charge in [-0.3, -0.25) is 14.6 Å². The highest BCUT2D eigenvalue weighted by Crippen LogP contribution is 2.41. The number of Topliss-reactive ketones (excluding diaryl/α,β-unsaturated/α-hetero) is 1. The number of hydrogen-bond acceptors (Lipinski definition) is 6. The topological polar surface area (TPSA) is 89.0 Å². The lowest BCUT2D eigenvalue weighted by atomic mass is 9.95. The van der Waals surface area contributed by atoms with Crippen LogP contribution in [0.1, 0.15) is 22.7 Å². The van der Waals surface area contributed by atoms with E-state index < -0.39 is 17.7 Å². The molecule has 3 heterocycles. The van der Waals surface area contributed by atoms with Crippen LogP contribution >= 0.6 is 0 Å². The molecule has 0 unspecified atom stereocenters. The summed E-state index contributed by atoms with van der Waals surface area (Å²) < 4.78 is 11.1. The lowest BCUT2D eigenvalue weighted by Crippen LogP contribution is -2.29. The van der Waals surface area contributed by atoms with E-state index in [2.05, 4.69) is 4.98 Å². The standard InChI is InChI=1S/C25H20N2O5/c28-23(18-8-9-19-20(13-18)32-12-11-31-19)21-22(17-6-2-1-3-7-17)27(25(30)24(21)29)15-16-5-4-10-26-14-16/h1-10,13-14,22,28H,11-12,15H2/b23-21+/t22-/m0/s1. The van der Waals surface area contributed by atoms with Gasteiger partial charge in [0, 0.05) is 24.5 Å². The van der Waals surface area contributed by atoms with Gasteiger partial charge in [0.1, 0.15) is 19.0 Å². The van der Waals surface area contributed by atoms with Crippen molar-refractivity contribution in [3.05, 3.63) is 95.3 Å². The Morgan fingerprint density at radius 1 is 1.00 bits per heavy atom. The number of amides is 1. The lowest BCUT2D eigenvalue weighted by molar-refractivity contribution is -0.140. The van der Waals surface area contributed by atoms with Crippen molar-refractivity contribution < 1.29 is 24.2 Å². The Labute approximate surface area is 184 Å². The number of fused-ring (bicyclic) bond motifs is 1. The van der Waals surface area contributed by atoms with Crippen LogP contribution < -0.4 is 9.47 Å². The summed E-state index contributed by atoms with van der Waals surface area (Å²) in [4.78, 5) is 31.7. The smallest absolute Gasteiger partial charge is 0.295 e. The first-order valence-electron chi connectivity index (χ1n) is 10.3. The van der Waals surface area contributed by atoms with E-state index in [0.717, 1.165) is 11.1 Å². The summed E-state index contributed by atoms with van der Waals surface area (Å²) >= 11 is 0. The Hall–Kier alpha value is -4.13. The second-order valence-electron chi connectivity index (χ2n) is 7.56. The number of pyridine rings is 1. The van der Waals surface area contributed by atoms with E-state index in [9.17, 15) is 14.7 Å². The molecule has 2 aromatic carbocycles. The number of ketones is 1. The molecule has 3 aromatic rings. The molecular weight excluding hydrogens is 408 g/mol. The minimum Gasteiger partial charge on any atom is -0.507 e. The van der Waals surface area contributed by atoms with Gasteiger partial charge in [0.05, 0.1) is 11.6 Å². The predicted octanol–water partition coefficient (Wildman–Crippen LogP) is 3.47. The fourth-order valence-corrected chi connectivity index (χ4v) is 4.06. The van der Waals surface area contributed by atoms with Crippen molar-refractivity contribution in [2.45, 2.75) is 12.6 Å². The van der Waals surface area contributed by atoms with Crippen LogP contribution in [0.15, 0.2) is 78.6 Å². The second-order valence-corrected chi connectivity index (χ2v) is 7.56. The molecule has 1 saturated heterocycles. The van der Waals surface area contributed by atoms with Crippen molar-refractivity contribution >= 4 is 17.4 Å². The third kappa shape index (κ3) is 3.47. The Bertz CT molecular complexity index is 1210. The Morgan fingerprint density at radius 2 is 1.78 bits per heavy atom. The fraction of sp³-hybridized carbons (Fsp3) is 0.160. The summed E-state index contributed by atoms with van der Waals surface area (Å²) in [5.41, 5.74) is 1.95. The van der Waals surface area contributed by atoms with E-state index in [1.807, 2.05) is 36.4 Å². The third-order valence-electron chi connectivity index (χ3n) is 5.55. The van der Waals surface area contributed by atoms with Crippen LogP contribution in [0.3, 0.4) is 0 Å². The molecule has 0 spiro atoms. The number of benzene rings is 2. The van der Waals surface area contributed by atoms with E-state index in [1.54, 1.807) is 36.7 Å². The maximum absolute atomic E-state index is 13.1. The molecule has 0 aliphatic carbocycles. The first-order chi connectivity index (χ1) is 15.6. The van der Waals surface area contributed by atoms with E-state index in [-0.39, 0.29) is 17.9 Å². The highest BCUT2D eigenvalue weighted by molar-refractivity contribution is 6.46.